The molecule has 0 unspecified atom stereocenters. The first kappa shape index (κ1) is 13.8. The van der Waals surface area contributed by atoms with E-state index < -0.39 is 0 Å². The van der Waals surface area contributed by atoms with E-state index in [1.165, 1.54) is 0 Å². The molecule has 1 rings (SSSR count). The van der Waals surface area contributed by atoms with Crippen LogP contribution in [0.2, 0.25) is 0 Å². The van der Waals surface area contributed by atoms with Gasteiger partial charge in [-0.2, -0.15) is 0 Å². The number of nitrogens with two attached hydrogens (primary N) is 1. The van der Waals surface area contributed by atoms with Crippen LogP contribution in [0.3, 0.4) is 0 Å². The van der Waals surface area contributed by atoms with Gasteiger partial charge in [0.05, 0.1) is 14.2 Å². The summed E-state index contributed by atoms with van der Waals surface area (Å²) in [5, 5.41) is 0. The highest BCUT2D eigenvalue weighted by molar-refractivity contribution is 5.50. The number of rotatable bonds is 6. The Morgan fingerprint density at radius 2 is 1.71 bits per heavy atom. The molecule has 0 aliphatic heterocycles. The third-order valence-corrected chi connectivity index (χ3v) is 3.05. The molecule has 3 nitrogen and oxygen atoms in total. The minimum absolute atomic E-state index is 0.428. The van der Waals surface area contributed by atoms with Gasteiger partial charge in [0.25, 0.3) is 0 Å². The molecule has 0 saturated heterocycles. The van der Waals surface area contributed by atoms with Crippen LogP contribution >= 0.6 is 0 Å². The van der Waals surface area contributed by atoms with E-state index in [0.717, 1.165) is 35.5 Å². The molecule has 0 aliphatic carbocycles. The number of hydrogen-bond donors (Lipinski definition) is 1. The SMILES string of the molecule is CCC[C@@H](C)c1c(OC)cc(CN)cc1OC. The second-order valence-electron chi connectivity index (χ2n) is 4.31. The van der Waals surface area contributed by atoms with Gasteiger partial charge in [-0.1, -0.05) is 20.3 Å². The van der Waals surface area contributed by atoms with Crippen molar-refractivity contribution < 1.29 is 9.47 Å². The van der Waals surface area contributed by atoms with E-state index in [4.69, 9.17) is 15.2 Å². The van der Waals surface area contributed by atoms with E-state index in [9.17, 15) is 0 Å². The molecular weight excluding hydrogens is 214 g/mol. The second-order valence-corrected chi connectivity index (χ2v) is 4.31. The molecule has 1 atom stereocenters. The first-order valence-electron chi connectivity index (χ1n) is 6.12. The molecule has 2 N–H and O–H groups in total. The Kier molecular flexibility index (Phi) is 5.29. The van der Waals surface area contributed by atoms with Gasteiger partial charge >= 0.3 is 0 Å². The molecule has 0 fully saturated rings. The van der Waals surface area contributed by atoms with Gasteiger partial charge in [-0.3, -0.25) is 0 Å². The Labute approximate surface area is 104 Å². The smallest absolute Gasteiger partial charge is 0.126 e. The maximum Gasteiger partial charge on any atom is 0.126 e. The van der Waals surface area contributed by atoms with Crippen LogP contribution in [0.25, 0.3) is 0 Å². The van der Waals surface area contributed by atoms with E-state index in [1.807, 2.05) is 12.1 Å². The minimum atomic E-state index is 0.428. The monoisotopic (exact) mass is 237 g/mol. The van der Waals surface area contributed by atoms with Gasteiger partial charge in [0.2, 0.25) is 0 Å². The van der Waals surface area contributed by atoms with Crippen molar-refractivity contribution in [1.29, 1.82) is 0 Å². The highest BCUT2D eigenvalue weighted by Crippen LogP contribution is 2.38. The van der Waals surface area contributed by atoms with Crippen molar-refractivity contribution in [2.24, 2.45) is 5.73 Å². The number of ether oxygens (including phenoxy) is 2. The Balaban J connectivity index is 3.23. The van der Waals surface area contributed by atoms with E-state index in [1.54, 1.807) is 14.2 Å². The zero-order valence-electron chi connectivity index (χ0n) is 11.2. The standard InChI is InChI=1S/C14H23NO2/c1-5-6-10(2)14-12(16-3)7-11(9-15)8-13(14)17-4/h7-8,10H,5-6,9,15H2,1-4H3/t10-/m1/s1. The summed E-state index contributed by atoms with van der Waals surface area (Å²) in [5.74, 6) is 2.19. The fourth-order valence-corrected chi connectivity index (χ4v) is 2.17. The van der Waals surface area contributed by atoms with Crippen molar-refractivity contribution in [3.05, 3.63) is 23.3 Å². The number of hydrogen-bond acceptors (Lipinski definition) is 3. The molecule has 0 aliphatic rings. The first-order chi connectivity index (χ1) is 8.17. The molecule has 0 saturated carbocycles. The molecule has 0 radical (unpaired) electrons. The molecule has 96 valence electrons. The van der Waals surface area contributed by atoms with Crippen molar-refractivity contribution in [2.45, 2.75) is 39.2 Å². The van der Waals surface area contributed by atoms with Crippen LogP contribution in [-0.4, -0.2) is 14.2 Å². The van der Waals surface area contributed by atoms with E-state index in [0.29, 0.717) is 12.5 Å². The van der Waals surface area contributed by atoms with E-state index in [2.05, 4.69) is 13.8 Å². The lowest BCUT2D eigenvalue weighted by Crippen LogP contribution is -2.04. The molecule has 0 aromatic heterocycles. The maximum absolute atomic E-state index is 5.67. The van der Waals surface area contributed by atoms with Gasteiger partial charge in [-0.15, -0.1) is 0 Å². The van der Waals surface area contributed by atoms with Crippen LogP contribution in [-0.2, 0) is 6.54 Å². The van der Waals surface area contributed by atoms with Gasteiger partial charge in [-0.25, -0.2) is 0 Å². The van der Waals surface area contributed by atoms with Gasteiger partial charge in [0.15, 0.2) is 0 Å². The topological polar surface area (TPSA) is 44.5 Å². The van der Waals surface area contributed by atoms with Crippen LogP contribution in [0.5, 0.6) is 11.5 Å². The first-order valence-corrected chi connectivity index (χ1v) is 6.12. The average molecular weight is 237 g/mol. The average Bonchev–Trinajstić information content (AvgIpc) is 2.37. The Morgan fingerprint density at radius 3 is 2.06 bits per heavy atom. The summed E-state index contributed by atoms with van der Waals surface area (Å²) in [6.45, 7) is 4.88. The molecule has 1 aromatic rings. The summed E-state index contributed by atoms with van der Waals surface area (Å²) in [6.07, 6.45) is 2.26. The van der Waals surface area contributed by atoms with Crippen molar-refractivity contribution >= 4 is 0 Å². The third-order valence-electron chi connectivity index (χ3n) is 3.05. The minimum Gasteiger partial charge on any atom is -0.496 e. The Morgan fingerprint density at radius 1 is 1.18 bits per heavy atom. The van der Waals surface area contributed by atoms with Crippen LogP contribution < -0.4 is 15.2 Å². The van der Waals surface area contributed by atoms with Crippen LogP contribution in [0, 0.1) is 0 Å². The molecule has 0 bridgehead atoms. The lowest BCUT2D eigenvalue weighted by molar-refractivity contribution is 0.377. The summed E-state index contributed by atoms with van der Waals surface area (Å²) in [4.78, 5) is 0. The number of benzene rings is 1. The molecular formula is C14H23NO2. The van der Waals surface area contributed by atoms with Gasteiger partial charge in [0, 0.05) is 12.1 Å². The molecule has 0 heterocycles. The van der Waals surface area contributed by atoms with Crippen molar-refractivity contribution in [3.63, 3.8) is 0 Å². The summed E-state index contributed by atoms with van der Waals surface area (Å²) < 4.78 is 10.9. The van der Waals surface area contributed by atoms with E-state index in [-0.39, 0.29) is 0 Å². The highest BCUT2D eigenvalue weighted by atomic mass is 16.5. The van der Waals surface area contributed by atoms with Crippen molar-refractivity contribution in [1.82, 2.24) is 0 Å². The zero-order valence-corrected chi connectivity index (χ0v) is 11.2. The Hall–Kier alpha value is -1.22. The molecule has 3 heteroatoms. The van der Waals surface area contributed by atoms with Gasteiger partial charge < -0.3 is 15.2 Å². The van der Waals surface area contributed by atoms with Crippen LogP contribution in [0.15, 0.2) is 12.1 Å². The zero-order chi connectivity index (χ0) is 12.8. The summed E-state index contributed by atoms with van der Waals surface area (Å²) in [7, 11) is 3.38. The molecule has 17 heavy (non-hydrogen) atoms. The predicted molar refractivity (Wildman–Crippen MR) is 70.8 cm³/mol. The summed E-state index contributed by atoms with van der Waals surface area (Å²) in [6, 6.07) is 4.01. The normalized spacial score (nSPS) is 12.3. The largest absolute Gasteiger partial charge is 0.496 e. The third kappa shape index (κ3) is 3.13. The fraction of sp³-hybridized carbons (Fsp3) is 0.571. The van der Waals surface area contributed by atoms with Crippen molar-refractivity contribution in [3.8, 4) is 11.5 Å². The van der Waals surface area contributed by atoms with Crippen LogP contribution in [0.4, 0.5) is 0 Å². The maximum atomic E-state index is 5.67. The lowest BCUT2D eigenvalue weighted by atomic mass is 9.93. The quantitative estimate of drug-likeness (QED) is 0.827. The van der Waals surface area contributed by atoms with Crippen molar-refractivity contribution in [2.75, 3.05) is 14.2 Å². The number of methoxy groups -OCH3 is 2. The van der Waals surface area contributed by atoms with Gasteiger partial charge in [0.1, 0.15) is 11.5 Å². The summed E-state index contributed by atoms with van der Waals surface area (Å²) in [5.41, 5.74) is 7.85. The van der Waals surface area contributed by atoms with Gasteiger partial charge in [-0.05, 0) is 30.0 Å². The molecule has 0 spiro atoms. The molecule has 0 amide bonds. The second kappa shape index (κ2) is 6.50. The summed E-state index contributed by atoms with van der Waals surface area (Å²) >= 11 is 0. The highest BCUT2D eigenvalue weighted by Gasteiger charge is 2.17. The van der Waals surface area contributed by atoms with E-state index >= 15 is 0 Å². The Bertz CT molecular complexity index is 338. The van der Waals surface area contributed by atoms with Crippen LogP contribution in [0.1, 0.15) is 43.7 Å². The lowest BCUT2D eigenvalue weighted by Gasteiger charge is -2.19. The fourth-order valence-electron chi connectivity index (χ4n) is 2.17. The molecule has 1 aromatic carbocycles. The predicted octanol–water partition coefficient (Wildman–Crippen LogP) is 3.07.